The maximum Gasteiger partial charge on any atom is 0.147 e. The van der Waals surface area contributed by atoms with Crippen molar-refractivity contribution in [3.63, 3.8) is 0 Å². The van der Waals surface area contributed by atoms with Gasteiger partial charge in [-0.3, -0.25) is 4.98 Å². The van der Waals surface area contributed by atoms with Gasteiger partial charge in [-0.25, -0.2) is 4.98 Å². The Labute approximate surface area is 158 Å². The highest BCUT2D eigenvalue weighted by Gasteiger charge is 2.40. The molecule has 2 atom stereocenters. The number of nitrogens with zero attached hydrogens (tertiary/aromatic N) is 7. The van der Waals surface area contributed by atoms with Crippen LogP contribution in [0, 0.1) is 11.8 Å². The van der Waals surface area contributed by atoms with E-state index in [0.717, 1.165) is 56.3 Å². The fourth-order valence-corrected chi connectivity index (χ4v) is 4.29. The molecule has 0 radical (unpaired) electrons. The fourth-order valence-electron chi connectivity index (χ4n) is 4.29. The second-order valence-electron chi connectivity index (χ2n) is 7.44. The Morgan fingerprint density at radius 1 is 0.815 bits per heavy atom. The van der Waals surface area contributed by atoms with Crippen molar-refractivity contribution in [1.82, 2.24) is 29.9 Å². The van der Waals surface area contributed by atoms with Crippen LogP contribution >= 0.6 is 0 Å². The van der Waals surface area contributed by atoms with E-state index < -0.39 is 0 Å². The van der Waals surface area contributed by atoms with Gasteiger partial charge in [0.1, 0.15) is 5.82 Å². The van der Waals surface area contributed by atoms with Gasteiger partial charge in [-0.2, -0.15) is 15.0 Å². The minimum atomic E-state index is 0.714. The minimum Gasteiger partial charge on any atom is -0.355 e. The lowest BCUT2D eigenvalue weighted by atomic mass is 10.0. The lowest BCUT2D eigenvalue weighted by Gasteiger charge is -2.22. The van der Waals surface area contributed by atoms with Gasteiger partial charge in [0.25, 0.3) is 0 Å². The van der Waals surface area contributed by atoms with E-state index in [1.807, 2.05) is 30.6 Å². The second-order valence-corrected chi connectivity index (χ2v) is 7.44. The molecule has 4 heterocycles. The van der Waals surface area contributed by atoms with Gasteiger partial charge in [0.05, 0.1) is 37.0 Å². The van der Waals surface area contributed by atoms with Crippen LogP contribution in [-0.4, -0.2) is 62.6 Å². The van der Waals surface area contributed by atoms with Gasteiger partial charge < -0.3 is 9.80 Å². The van der Waals surface area contributed by atoms with Gasteiger partial charge >= 0.3 is 0 Å². The number of fused-ring (bicyclic) bond motifs is 1. The molecule has 27 heavy (non-hydrogen) atoms. The highest BCUT2D eigenvalue weighted by Crippen LogP contribution is 2.33. The van der Waals surface area contributed by atoms with E-state index in [-0.39, 0.29) is 0 Å². The Bertz CT molecular complexity index is 849. The van der Waals surface area contributed by atoms with Crippen LogP contribution in [0.25, 0.3) is 11.3 Å². The van der Waals surface area contributed by atoms with E-state index in [1.165, 1.54) is 0 Å². The van der Waals surface area contributed by atoms with Crippen LogP contribution in [0.4, 0.5) is 5.82 Å². The van der Waals surface area contributed by atoms with Crippen molar-refractivity contribution in [2.45, 2.75) is 6.54 Å². The molecule has 0 amide bonds. The highest BCUT2D eigenvalue weighted by atomic mass is 15.5. The van der Waals surface area contributed by atoms with Crippen LogP contribution < -0.4 is 4.90 Å². The molecule has 0 spiro atoms. The first-order valence-electron chi connectivity index (χ1n) is 9.54. The van der Waals surface area contributed by atoms with Crippen molar-refractivity contribution in [2.75, 3.05) is 37.6 Å². The van der Waals surface area contributed by atoms with Gasteiger partial charge in [-0.05, 0) is 11.8 Å². The van der Waals surface area contributed by atoms with Crippen LogP contribution in [0.1, 0.15) is 0 Å². The quantitative estimate of drug-likeness (QED) is 0.691. The first kappa shape index (κ1) is 16.4. The van der Waals surface area contributed by atoms with Gasteiger partial charge in [0, 0.05) is 38.3 Å². The first-order valence-corrected chi connectivity index (χ1v) is 9.54. The smallest absolute Gasteiger partial charge is 0.147 e. The van der Waals surface area contributed by atoms with Gasteiger partial charge in [-0.1, -0.05) is 30.3 Å². The molecule has 0 saturated carbocycles. The Kier molecular flexibility index (Phi) is 4.29. The summed E-state index contributed by atoms with van der Waals surface area (Å²) in [6.45, 7) is 6.33. The molecule has 1 aromatic carbocycles. The molecule has 138 valence electrons. The van der Waals surface area contributed by atoms with Crippen LogP contribution in [0.5, 0.6) is 0 Å². The summed E-state index contributed by atoms with van der Waals surface area (Å²) in [5.41, 5.74) is 2.04. The first-order chi connectivity index (χ1) is 13.3. The summed E-state index contributed by atoms with van der Waals surface area (Å²) in [6, 6.07) is 10.2. The SMILES string of the molecule is c1ccc(-c2cnc(N3CC4CN(CCn5nccn5)CC4C3)cn2)cc1. The van der Waals surface area contributed by atoms with Crippen LogP contribution in [0.15, 0.2) is 55.1 Å². The van der Waals surface area contributed by atoms with Crippen LogP contribution in [0.2, 0.25) is 0 Å². The summed E-state index contributed by atoms with van der Waals surface area (Å²) in [6.07, 6.45) is 7.29. The molecule has 3 aromatic rings. The number of benzene rings is 1. The van der Waals surface area contributed by atoms with Gasteiger partial charge in [0.15, 0.2) is 0 Å². The topological polar surface area (TPSA) is 63.0 Å². The van der Waals surface area contributed by atoms with Crippen molar-refractivity contribution in [3.8, 4) is 11.3 Å². The number of hydrogen-bond acceptors (Lipinski definition) is 6. The zero-order valence-electron chi connectivity index (χ0n) is 15.2. The Morgan fingerprint density at radius 2 is 1.56 bits per heavy atom. The maximum atomic E-state index is 4.68. The van der Waals surface area contributed by atoms with E-state index in [4.69, 9.17) is 0 Å². The number of aromatic nitrogens is 5. The number of anilines is 1. The molecule has 0 bridgehead atoms. The van der Waals surface area contributed by atoms with Crippen molar-refractivity contribution >= 4 is 5.82 Å². The van der Waals surface area contributed by atoms with Crippen molar-refractivity contribution in [3.05, 3.63) is 55.1 Å². The van der Waals surface area contributed by atoms with Gasteiger partial charge in [-0.15, -0.1) is 0 Å². The molecule has 0 aliphatic carbocycles. The van der Waals surface area contributed by atoms with Crippen LogP contribution in [-0.2, 0) is 6.54 Å². The molecule has 2 saturated heterocycles. The fraction of sp³-hybridized carbons (Fsp3) is 0.400. The third-order valence-electron chi connectivity index (χ3n) is 5.68. The summed E-state index contributed by atoms with van der Waals surface area (Å²) in [5.74, 6) is 2.42. The van der Waals surface area contributed by atoms with Crippen molar-refractivity contribution < 1.29 is 0 Å². The van der Waals surface area contributed by atoms with Gasteiger partial charge in [0.2, 0.25) is 0 Å². The summed E-state index contributed by atoms with van der Waals surface area (Å²) in [7, 11) is 0. The summed E-state index contributed by atoms with van der Waals surface area (Å²) in [5, 5.41) is 8.37. The predicted octanol–water partition coefficient (Wildman–Crippen LogP) is 1.80. The molecule has 2 aliphatic heterocycles. The van der Waals surface area contributed by atoms with Crippen molar-refractivity contribution in [2.24, 2.45) is 11.8 Å². The second kappa shape index (κ2) is 7.08. The van der Waals surface area contributed by atoms with E-state index in [9.17, 15) is 0 Å². The minimum absolute atomic E-state index is 0.714. The number of likely N-dealkylation sites (tertiary alicyclic amines) is 1. The Morgan fingerprint density at radius 3 is 2.22 bits per heavy atom. The summed E-state index contributed by atoms with van der Waals surface area (Å²) in [4.78, 5) is 16.0. The van der Waals surface area contributed by atoms with Crippen molar-refractivity contribution in [1.29, 1.82) is 0 Å². The Balaban J connectivity index is 1.18. The normalized spacial score (nSPS) is 22.3. The van der Waals surface area contributed by atoms with E-state index >= 15 is 0 Å². The third kappa shape index (κ3) is 3.42. The maximum absolute atomic E-state index is 4.68. The molecule has 2 unspecified atom stereocenters. The molecule has 2 aromatic heterocycles. The average molecular weight is 361 g/mol. The molecule has 0 N–H and O–H groups in total. The molecule has 2 aliphatic rings. The standard InChI is InChI=1S/C20H23N7/c1-2-4-16(5-3-1)19-10-22-20(11-21-19)26-14-17-12-25(13-18(17)15-26)8-9-27-23-6-7-24-27/h1-7,10-11,17-18H,8-9,12-15H2. The zero-order chi connectivity index (χ0) is 18.1. The predicted molar refractivity (Wildman–Crippen MR) is 103 cm³/mol. The largest absolute Gasteiger partial charge is 0.355 e. The van der Waals surface area contributed by atoms with E-state index in [2.05, 4.69) is 42.1 Å². The lowest BCUT2D eigenvalue weighted by Crippen LogP contribution is -2.31. The lowest BCUT2D eigenvalue weighted by molar-refractivity contribution is 0.289. The number of hydrogen-bond donors (Lipinski definition) is 0. The molecule has 7 heteroatoms. The number of rotatable bonds is 5. The monoisotopic (exact) mass is 361 g/mol. The van der Waals surface area contributed by atoms with E-state index in [0.29, 0.717) is 11.8 Å². The molecule has 5 rings (SSSR count). The highest BCUT2D eigenvalue weighted by molar-refractivity contribution is 5.58. The summed E-state index contributed by atoms with van der Waals surface area (Å²) >= 11 is 0. The molecule has 7 nitrogen and oxygen atoms in total. The van der Waals surface area contributed by atoms with E-state index in [1.54, 1.807) is 17.2 Å². The molecular weight excluding hydrogens is 338 g/mol. The van der Waals surface area contributed by atoms with Crippen LogP contribution in [0.3, 0.4) is 0 Å². The molecule has 2 fully saturated rings. The average Bonchev–Trinajstić information content (AvgIpc) is 3.44. The Hall–Kier alpha value is -2.80. The molecular formula is C20H23N7. The zero-order valence-corrected chi connectivity index (χ0v) is 15.2. The third-order valence-corrected chi connectivity index (χ3v) is 5.68. The summed E-state index contributed by atoms with van der Waals surface area (Å²) < 4.78 is 0.